The molecule has 2 N–H and O–H groups in total. The van der Waals surface area contributed by atoms with Gasteiger partial charge in [-0.1, -0.05) is 72.3 Å². The van der Waals surface area contributed by atoms with E-state index in [2.05, 4.69) is 0 Å². The Hall–Kier alpha value is -3.64. The van der Waals surface area contributed by atoms with Gasteiger partial charge in [0, 0.05) is 24.0 Å². The summed E-state index contributed by atoms with van der Waals surface area (Å²) in [7, 11) is 0. The first kappa shape index (κ1) is 25.5. The Morgan fingerprint density at radius 2 is 1.83 bits per heavy atom. The number of nitrogens with zero attached hydrogens (tertiary/aromatic N) is 2. The van der Waals surface area contributed by atoms with E-state index in [1.807, 2.05) is 49.4 Å². The largest absolute Gasteiger partial charge is 0.368 e. The smallest absolute Gasteiger partial charge is 0.250 e. The molecule has 1 fully saturated rings. The number of carbonyl (C=O) groups excluding carboxylic acids is 3. The SMILES string of the molecule is CC=CC(=O)N1C(C)CCN(C(Cc2cccc3ccccc23)C(N)=O)C(=O)[C@H]1c1cccc(Cl)c1. The highest BCUT2D eigenvalue weighted by Gasteiger charge is 2.42. The fourth-order valence-corrected chi connectivity index (χ4v) is 5.21. The lowest BCUT2D eigenvalue weighted by atomic mass is 9.96. The minimum atomic E-state index is -0.931. The van der Waals surface area contributed by atoms with Crippen LogP contribution in [0.3, 0.4) is 0 Å². The standard InChI is InChI=1S/C29H30ClN3O3/c1-3-8-26(34)33-19(2)15-16-32(29(36)27(33)22-12-7-13-23(30)17-22)25(28(31)35)18-21-11-6-10-20-9-4-5-14-24(20)21/h3-14,17,19,25,27H,15-16,18H2,1-2H3,(H2,31,35)/t19?,25?,27-/m1/s1. The first-order valence-corrected chi connectivity index (χ1v) is 12.5. The fraction of sp³-hybridized carbons (Fsp3) is 0.276. The summed E-state index contributed by atoms with van der Waals surface area (Å²) in [6.45, 7) is 3.98. The van der Waals surface area contributed by atoms with Gasteiger partial charge in [-0.3, -0.25) is 14.4 Å². The topological polar surface area (TPSA) is 83.7 Å². The zero-order valence-electron chi connectivity index (χ0n) is 20.4. The van der Waals surface area contributed by atoms with Gasteiger partial charge in [0.2, 0.25) is 11.8 Å². The number of allylic oxidation sites excluding steroid dienone is 1. The van der Waals surface area contributed by atoms with Gasteiger partial charge in [-0.15, -0.1) is 0 Å². The van der Waals surface area contributed by atoms with Crippen LogP contribution < -0.4 is 5.73 Å². The fourth-order valence-electron chi connectivity index (χ4n) is 5.01. The molecule has 36 heavy (non-hydrogen) atoms. The molecule has 1 saturated heterocycles. The molecular formula is C29H30ClN3O3. The summed E-state index contributed by atoms with van der Waals surface area (Å²) in [6.07, 6.45) is 3.90. The van der Waals surface area contributed by atoms with Gasteiger partial charge in [-0.25, -0.2) is 0 Å². The second-order valence-corrected chi connectivity index (χ2v) is 9.57. The zero-order chi connectivity index (χ0) is 25.8. The quantitative estimate of drug-likeness (QED) is 0.497. The summed E-state index contributed by atoms with van der Waals surface area (Å²) in [5.74, 6) is -1.19. The lowest BCUT2D eigenvalue weighted by molar-refractivity contribution is -0.146. The van der Waals surface area contributed by atoms with Gasteiger partial charge < -0.3 is 15.5 Å². The van der Waals surface area contributed by atoms with E-state index in [4.69, 9.17) is 17.3 Å². The summed E-state index contributed by atoms with van der Waals surface area (Å²) < 4.78 is 0. The molecule has 0 aromatic heterocycles. The van der Waals surface area contributed by atoms with Crippen molar-refractivity contribution in [1.82, 2.24) is 9.80 Å². The molecule has 0 radical (unpaired) electrons. The number of halogens is 1. The van der Waals surface area contributed by atoms with E-state index < -0.39 is 18.0 Å². The maximum Gasteiger partial charge on any atom is 0.250 e. The monoisotopic (exact) mass is 503 g/mol. The van der Waals surface area contributed by atoms with Gasteiger partial charge >= 0.3 is 0 Å². The van der Waals surface area contributed by atoms with Crippen LogP contribution in [0, 0.1) is 0 Å². The highest BCUT2D eigenvalue weighted by molar-refractivity contribution is 6.30. The van der Waals surface area contributed by atoms with Crippen molar-refractivity contribution in [2.75, 3.05) is 6.54 Å². The van der Waals surface area contributed by atoms with Gasteiger partial charge in [-0.2, -0.15) is 0 Å². The average Bonchev–Trinajstić information content (AvgIpc) is 2.98. The number of fused-ring (bicyclic) bond motifs is 1. The van der Waals surface area contributed by atoms with Crippen LogP contribution in [0.15, 0.2) is 78.9 Å². The molecule has 186 valence electrons. The molecule has 7 heteroatoms. The molecule has 0 saturated carbocycles. The van der Waals surface area contributed by atoms with E-state index in [0.717, 1.165) is 16.3 Å². The van der Waals surface area contributed by atoms with Gasteiger partial charge in [0.1, 0.15) is 12.1 Å². The molecule has 1 heterocycles. The van der Waals surface area contributed by atoms with Crippen LogP contribution in [0.2, 0.25) is 5.02 Å². The number of hydrogen-bond donors (Lipinski definition) is 1. The van der Waals surface area contributed by atoms with Crippen molar-refractivity contribution in [1.29, 1.82) is 0 Å². The average molecular weight is 504 g/mol. The predicted octanol–water partition coefficient (Wildman–Crippen LogP) is 4.66. The number of hydrogen-bond acceptors (Lipinski definition) is 3. The number of benzene rings is 3. The third-order valence-corrected chi connectivity index (χ3v) is 7.02. The van der Waals surface area contributed by atoms with Crippen molar-refractivity contribution in [3.05, 3.63) is 95.0 Å². The highest BCUT2D eigenvalue weighted by Crippen LogP contribution is 2.33. The molecule has 1 aliphatic rings. The Labute approximate surface area is 216 Å². The van der Waals surface area contributed by atoms with Gasteiger partial charge in [-0.05, 0) is 60.4 Å². The van der Waals surface area contributed by atoms with E-state index in [-0.39, 0.29) is 24.3 Å². The Balaban J connectivity index is 1.78. The molecule has 2 unspecified atom stereocenters. The van der Waals surface area contributed by atoms with Crippen molar-refractivity contribution in [3.63, 3.8) is 0 Å². The summed E-state index contributed by atoms with van der Waals surface area (Å²) in [5, 5.41) is 2.52. The van der Waals surface area contributed by atoms with E-state index in [1.165, 1.54) is 6.08 Å². The number of rotatable bonds is 6. The van der Waals surface area contributed by atoms with Crippen molar-refractivity contribution < 1.29 is 14.4 Å². The van der Waals surface area contributed by atoms with Crippen LogP contribution in [-0.4, -0.2) is 46.1 Å². The van der Waals surface area contributed by atoms with Crippen molar-refractivity contribution in [2.45, 2.75) is 44.8 Å². The minimum absolute atomic E-state index is 0.252. The summed E-state index contributed by atoms with van der Waals surface area (Å²) in [6, 6.07) is 18.7. The Morgan fingerprint density at radius 3 is 2.56 bits per heavy atom. The number of primary amides is 1. The molecular weight excluding hydrogens is 474 g/mol. The lowest BCUT2D eigenvalue weighted by Gasteiger charge is -2.35. The molecule has 3 aromatic rings. The predicted molar refractivity (Wildman–Crippen MR) is 142 cm³/mol. The van der Waals surface area contributed by atoms with Crippen molar-refractivity contribution in [2.24, 2.45) is 5.73 Å². The van der Waals surface area contributed by atoms with E-state index in [0.29, 0.717) is 23.6 Å². The normalized spacial score (nSPS) is 19.5. The molecule has 3 amide bonds. The van der Waals surface area contributed by atoms with E-state index in [9.17, 15) is 14.4 Å². The molecule has 1 aliphatic heterocycles. The second kappa shape index (κ2) is 11.0. The van der Waals surface area contributed by atoms with Crippen LogP contribution >= 0.6 is 11.6 Å². The number of carbonyl (C=O) groups is 3. The minimum Gasteiger partial charge on any atom is -0.368 e. The molecule has 6 nitrogen and oxygen atoms in total. The van der Waals surface area contributed by atoms with Crippen LogP contribution in [0.1, 0.15) is 37.4 Å². The molecule has 3 aromatic carbocycles. The number of nitrogens with two attached hydrogens (primary N) is 1. The Kier molecular flexibility index (Phi) is 7.75. The van der Waals surface area contributed by atoms with Crippen LogP contribution in [0.5, 0.6) is 0 Å². The maximum absolute atomic E-state index is 14.2. The van der Waals surface area contributed by atoms with E-state index >= 15 is 0 Å². The number of amides is 3. The second-order valence-electron chi connectivity index (χ2n) is 9.13. The summed E-state index contributed by atoms with van der Waals surface area (Å²) >= 11 is 6.27. The molecule has 4 rings (SSSR count). The summed E-state index contributed by atoms with van der Waals surface area (Å²) in [5.41, 5.74) is 7.44. The first-order valence-electron chi connectivity index (χ1n) is 12.1. The van der Waals surface area contributed by atoms with Crippen molar-refractivity contribution in [3.8, 4) is 0 Å². The highest BCUT2D eigenvalue weighted by atomic mass is 35.5. The van der Waals surface area contributed by atoms with Crippen LogP contribution in [-0.2, 0) is 20.8 Å². The molecule has 0 aliphatic carbocycles. The van der Waals surface area contributed by atoms with E-state index in [1.54, 1.807) is 47.1 Å². The third kappa shape index (κ3) is 5.14. The lowest BCUT2D eigenvalue weighted by Crippen LogP contribution is -2.52. The van der Waals surface area contributed by atoms with Crippen molar-refractivity contribution >= 4 is 40.1 Å². The Morgan fingerprint density at radius 1 is 1.11 bits per heavy atom. The van der Waals surface area contributed by atoms with Gasteiger partial charge in [0.15, 0.2) is 0 Å². The maximum atomic E-state index is 14.2. The van der Waals surface area contributed by atoms with Crippen LogP contribution in [0.4, 0.5) is 0 Å². The summed E-state index contributed by atoms with van der Waals surface area (Å²) in [4.78, 5) is 43.3. The molecule has 0 spiro atoms. The van der Waals surface area contributed by atoms with Gasteiger partial charge in [0.05, 0.1) is 0 Å². The van der Waals surface area contributed by atoms with Crippen LogP contribution in [0.25, 0.3) is 10.8 Å². The molecule has 3 atom stereocenters. The molecule has 0 bridgehead atoms. The Bertz CT molecular complexity index is 1320. The third-order valence-electron chi connectivity index (χ3n) is 6.78. The van der Waals surface area contributed by atoms with Gasteiger partial charge in [0.25, 0.3) is 5.91 Å². The first-order chi connectivity index (χ1) is 17.3. The zero-order valence-corrected chi connectivity index (χ0v) is 21.2.